The summed E-state index contributed by atoms with van der Waals surface area (Å²) in [5, 5.41) is -0.237. The van der Waals surface area contributed by atoms with Crippen molar-refractivity contribution in [3.05, 3.63) is 29.6 Å². The highest BCUT2D eigenvalue weighted by Crippen LogP contribution is 2.40. The topological polar surface area (TPSA) is 81.9 Å². The molecule has 29 heavy (non-hydrogen) atoms. The zero-order valence-electron chi connectivity index (χ0n) is 14.3. The van der Waals surface area contributed by atoms with E-state index in [-0.39, 0.29) is 17.2 Å². The number of ether oxygens (including phenoxy) is 1. The van der Waals surface area contributed by atoms with Gasteiger partial charge in [0.15, 0.2) is 0 Å². The van der Waals surface area contributed by atoms with Crippen LogP contribution in [0.25, 0.3) is 0 Å². The van der Waals surface area contributed by atoms with E-state index in [9.17, 15) is 40.3 Å². The molecule has 0 aromatic heterocycles. The number of fused-ring (bicyclic) bond motifs is 2. The first-order chi connectivity index (χ1) is 13.3. The van der Waals surface area contributed by atoms with Crippen LogP contribution in [-0.4, -0.2) is 36.3 Å². The molecule has 2 fully saturated rings. The second kappa shape index (κ2) is 7.13. The van der Waals surface area contributed by atoms with E-state index >= 15 is 0 Å². The van der Waals surface area contributed by atoms with Crippen LogP contribution in [0.2, 0.25) is 0 Å². The average molecular weight is 430 g/mol. The number of carbonyl (C=O) groups is 2. The van der Waals surface area contributed by atoms with E-state index in [4.69, 9.17) is 10.5 Å². The van der Waals surface area contributed by atoms with Crippen molar-refractivity contribution in [3.63, 3.8) is 0 Å². The van der Waals surface area contributed by atoms with E-state index in [0.29, 0.717) is 18.9 Å². The summed E-state index contributed by atoms with van der Waals surface area (Å²) in [5.74, 6) is -7.13. The van der Waals surface area contributed by atoms with Crippen molar-refractivity contribution in [2.45, 2.75) is 43.4 Å². The molecule has 0 aliphatic carbocycles. The van der Waals surface area contributed by atoms with E-state index in [1.54, 1.807) is 0 Å². The molecule has 2 heterocycles. The highest BCUT2D eigenvalue weighted by atomic mass is 19.4. The Morgan fingerprint density at radius 1 is 1.10 bits per heavy atom. The number of anilines is 1. The molecule has 2 N–H and O–H groups in total. The van der Waals surface area contributed by atoms with Gasteiger partial charge in [-0.25, -0.2) is 9.18 Å². The van der Waals surface area contributed by atoms with Crippen molar-refractivity contribution in [2.75, 3.05) is 5.06 Å². The number of alkyl halides is 6. The summed E-state index contributed by atoms with van der Waals surface area (Å²) >= 11 is 0. The van der Waals surface area contributed by atoms with Gasteiger partial charge in [-0.2, -0.15) is 26.3 Å². The molecule has 2 saturated heterocycles. The molecule has 160 valence electrons. The van der Waals surface area contributed by atoms with Gasteiger partial charge in [-0.3, -0.25) is 4.79 Å². The van der Waals surface area contributed by atoms with Gasteiger partial charge >= 0.3 is 18.3 Å². The van der Waals surface area contributed by atoms with Crippen molar-refractivity contribution in [1.29, 1.82) is 0 Å². The SMILES string of the molecule is N[C@@H]1[C@H](C(=O)N(OC(=O)C(F)(F)F)c2ccc(F)c(C(F)(F)F)c2)[C@@H]2CC[C@H]1O2. The first-order valence-corrected chi connectivity index (χ1v) is 8.21. The number of nitrogens with two attached hydrogens (primary N) is 1. The molecule has 1 aromatic rings. The van der Waals surface area contributed by atoms with Crippen molar-refractivity contribution in [2.24, 2.45) is 11.7 Å². The summed E-state index contributed by atoms with van der Waals surface area (Å²) in [7, 11) is 0. The first-order valence-electron chi connectivity index (χ1n) is 8.21. The largest absolute Gasteiger partial charge is 0.493 e. The molecule has 0 unspecified atom stereocenters. The summed E-state index contributed by atoms with van der Waals surface area (Å²) in [5.41, 5.74) is 3.07. The predicted octanol–water partition coefficient (Wildman–Crippen LogP) is 2.70. The molecule has 2 aliphatic rings. The van der Waals surface area contributed by atoms with Crippen LogP contribution in [0.5, 0.6) is 0 Å². The average Bonchev–Trinajstić information content (AvgIpc) is 3.19. The maximum absolute atomic E-state index is 13.5. The van der Waals surface area contributed by atoms with Crippen LogP contribution >= 0.6 is 0 Å². The van der Waals surface area contributed by atoms with Gasteiger partial charge in [0, 0.05) is 6.04 Å². The fourth-order valence-corrected chi connectivity index (χ4v) is 3.39. The summed E-state index contributed by atoms with van der Waals surface area (Å²) in [6.45, 7) is 0. The molecule has 4 atom stereocenters. The van der Waals surface area contributed by atoms with E-state index in [0.717, 1.165) is 0 Å². The summed E-state index contributed by atoms with van der Waals surface area (Å²) < 4.78 is 95.7. The predicted molar refractivity (Wildman–Crippen MR) is 80.4 cm³/mol. The Kier molecular flexibility index (Phi) is 5.24. The molecule has 13 heteroatoms. The highest BCUT2D eigenvalue weighted by Gasteiger charge is 2.53. The van der Waals surface area contributed by atoms with Crippen LogP contribution in [0.1, 0.15) is 18.4 Å². The number of amides is 1. The van der Waals surface area contributed by atoms with E-state index in [1.807, 2.05) is 0 Å². The van der Waals surface area contributed by atoms with Crippen LogP contribution < -0.4 is 10.8 Å². The third kappa shape index (κ3) is 4.01. The second-order valence-corrected chi connectivity index (χ2v) is 6.56. The Morgan fingerprint density at radius 3 is 2.24 bits per heavy atom. The minimum Gasteiger partial charge on any atom is -0.372 e. The van der Waals surface area contributed by atoms with Gasteiger partial charge in [0.2, 0.25) is 0 Å². The number of hydroxylamine groups is 1. The summed E-state index contributed by atoms with van der Waals surface area (Å²) in [4.78, 5) is 28.1. The minimum absolute atomic E-state index is 0.0659. The summed E-state index contributed by atoms with van der Waals surface area (Å²) in [6, 6.07) is -0.0323. The Morgan fingerprint density at radius 2 is 1.72 bits per heavy atom. The molecule has 3 rings (SSSR count). The fourth-order valence-electron chi connectivity index (χ4n) is 3.39. The lowest BCUT2D eigenvalue weighted by Gasteiger charge is -2.29. The molecular formula is C16H13F7N2O4. The molecule has 2 aliphatic heterocycles. The van der Waals surface area contributed by atoms with E-state index < -0.39 is 65.5 Å². The quantitative estimate of drug-likeness (QED) is 0.577. The molecule has 0 spiro atoms. The van der Waals surface area contributed by atoms with Crippen LogP contribution in [-0.2, 0) is 25.3 Å². The standard InChI is InChI=1S/C16H13F7N2O4/c17-8-2-1-6(5-7(8)15(18,19)20)25(29-14(27)16(21,22)23)13(26)11-9-3-4-10(28-9)12(11)24/h1-2,5,9-12H,3-4,24H2/t9-,10+,11+,12-/m0/s1. The van der Waals surface area contributed by atoms with Gasteiger partial charge in [0.05, 0.1) is 29.4 Å². The van der Waals surface area contributed by atoms with Crippen molar-refractivity contribution < 1.29 is 49.9 Å². The normalized spacial score (nSPS) is 26.5. The zero-order valence-corrected chi connectivity index (χ0v) is 14.3. The third-order valence-corrected chi connectivity index (χ3v) is 4.71. The molecule has 1 amide bonds. The summed E-state index contributed by atoms with van der Waals surface area (Å²) in [6.07, 6.45) is -11.3. The molecule has 0 saturated carbocycles. The molecule has 6 nitrogen and oxygen atoms in total. The highest BCUT2D eigenvalue weighted by molar-refractivity contribution is 5.96. The second-order valence-electron chi connectivity index (χ2n) is 6.56. The van der Waals surface area contributed by atoms with Crippen molar-refractivity contribution in [3.8, 4) is 0 Å². The smallest absolute Gasteiger partial charge is 0.372 e. The maximum atomic E-state index is 13.5. The number of hydrogen-bond donors (Lipinski definition) is 1. The van der Waals surface area contributed by atoms with Crippen LogP contribution in [0.4, 0.5) is 36.4 Å². The molecule has 2 bridgehead atoms. The number of nitrogens with zero attached hydrogens (tertiary/aromatic N) is 1. The van der Waals surface area contributed by atoms with Crippen molar-refractivity contribution >= 4 is 17.6 Å². The van der Waals surface area contributed by atoms with Gasteiger partial charge in [0.1, 0.15) is 5.82 Å². The lowest BCUT2D eigenvalue weighted by molar-refractivity contribution is -0.202. The Labute approximate surface area is 158 Å². The molecule has 0 radical (unpaired) electrons. The number of halogens is 7. The molecule has 1 aromatic carbocycles. The lowest BCUT2D eigenvalue weighted by Crippen LogP contribution is -2.51. The van der Waals surface area contributed by atoms with Crippen LogP contribution in [0.15, 0.2) is 18.2 Å². The van der Waals surface area contributed by atoms with Crippen LogP contribution in [0, 0.1) is 11.7 Å². The minimum atomic E-state index is -5.54. The maximum Gasteiger partial charge on any atom is 0.493 e. The number of carbonyl (C=O) groups excluding carboxylic acids is 2. The van der Waals surface area contributed by atoms with Crippen LogP contribution in [0.3, 0.4) is 0 Å². The monoisotopic (exact) mass is 430 g/mol. The van der Waals surface area contributed by atoms with E-state index in [2.05, 4.69) is 4.84 Å². The first kappa shape index (κ1) is 21.3. The van der Waals surface area contributed by atoms with Gasteiger partial charge in [-0.15, -0.1) is 5.06 Å². The number of rotatable bonds is 2. The molecular weight excluding hydrogens is 417 g/mol. The number of hydrogen-bond acceptors (Lipinski definition) is 5. The van der Waals surface area contributed by atoms with Gasteiger partial charge < -0.3 is 15.3 Å². The Bertz CT molecular complexity index is 824. The lowest BCUT2D eigenvalue weighted by atomic mass is 9.84. The van der Waals surface area contributed by atoms with Gasteiger partial charge in [0.25, 0.3) is 5.91 Å². The fraction of sp³-hybridized carbons (Fsp3) is 0.500. The van der Waals surface area contributed by atoms with E-state index in [1.165, 1.54) is 0 Å². The third-order valence-electron chi connectivity index (χ3n) is 4.71. The Balaban J connectivity index is 2.00. The van der Waals surface area contributed by atoms with Crippen molar-refractivity contribution in [1.82, 2.24) is 0 Å². The number of benzene rings is 1. The van der Waals surface area contributed by atoms with Gasteiger partial charge in [-0.05, 0) is 31.0 Å². The van der Waals surface area contributed by atoms with Gasteiger partial charge in [-0.1, -0.05) is 0 Å². The zero-order chi connectivity index (χ0) is 21.7. The Hall–Kier alpha value is -2.41.